The fraction of sp³-hybridized carbons (Fsp3) is 0.514. The van der Waals surface area contributed by atoms with Gasteiger partial charge in [0, 0.05) is 12.2 Å². The van der Waals surface area contributed by atoms with Crippen LogP contribution in [-0.2, 0) is 36.8 Å². The van der Waals surface area contributed by atoms with Crippen molar-refractivity contribution in [2.75, 3.05) is 11.9 Å². The highest BCUT2D eigenvalue weighted by atomic mass is 16.6. The molecule has 264 valence electrons. The highest BCUT2D eigenvalue weighted by molar-refractivity contribution is 6.06. The topological polar surface area (TPSA) is 182 Å². The lowest BCUT2D eigenvalue weighted by Crippen LogP contribution is -2.53. The van der Waals surface area contributed by atoms with E-state index in [0.29, 0.717) is 18.5 Å². The van der Waals surface area contributed by atoms with Gasteiger partial charge in [-0.1, -0.05) is 42.5 Å². The Labute approximate surface area is 283 Å². The fourth-order valence-corrected chi connectivity index (χ4v) is 3.94. The number of anilines is 1. The molecule has 0 fully saturated rings. The lowest BCUT2D eigenvalue weighted by Gasteiger charge is -2.24. The molecule has 13 nitrogen and oxygen atoms in total. The van der Waals surface area contributed by atoms with Crippen LogP contribution < -0.4 is 27.0 Å². The van der Waals surface area contributed by atoms with Crippen molar-refractivity contribution >= 4 is 35.6 Å². The Morgan fingerprint density at radius 2 is 1.38 bits per heavy atom. The number of rotatable bonds is 11. The summed E-state index contributed by atoms with van der Waals surface area (Å²) in [5.74, 6) is -1.03. The number of nitrogens with zero attached hydrogens (tertiary/aromatic N) is 1. The summed E-state index contributed by atoms with van der Waals surface area (Å²) in [7, 11) is 0. The van der Waals surface area contributed by atoms with Gasteiger partial charge in [0.1, 0.15) is 23.3 Å². The predicted molar refractivity (Wildman–Crippen MR) is 185 cm³/mol. The van der Waals surface area contributed by atoms with E-state index in [1.54, 1.807) is 65.8 Å². The first-order valence-electron chi connectivity index (χ1n) is 15.9. The SMILES string of the molecule is CC(C)(C)OC[C@@H](N)C(=O)N[C@@H](CCc1ccccc1)C(=O)NCc1ccc(N/C(=N/C(=O)OC(C)(C)C)NC(=O)OC(C)(C)C)cc1. The number of nitrogens with one attached hydrogen (secondary N) is 4. The number of hydrogen-bond donors (Lipinski definition) is 5. The van der Waals surface area contributed by atoms with Gasteiger partial charge in [0.05, 0.1) is 12.2 Å². The van der Waals surface area contributed by atoms with Crippen molar-refractivity contribution in [3.8, 4) is 0 Å². The molecule has 0 bridgehead atoms. The van der Waals surface area contributed by atoms with Crippen molar-refractivity contribution in [3.05, 3.63) is 65.7 Å². The smallest absolute Gasteiger partial charge is 0.437 e. The van der Waals surface area contributed by atoms with Crippen LogP contribution in [0.25, 0.3) is 0 Å². The fourth-order valence-electron chi connectivity index (χ4n) is 3.94. The van der Waals surface area contributed by atoms with E-state index in [9.17, 15) is 19.2 Å². The van der Waals surface area contributed by atoms with Gasteiger partial charge < -0.3 is 35.9 Å². The molecule has 0 heterocycles. The normalized spacial score (nSPS) is 13.5. The van der Waals surface area contributed by atoms with E-state index >= 15 is 0 Å². The summed E-state index contributed by atoms with van der Waals surface area (Å²) in [6.45, 7) is 16.0. The largest absolute Gasteiger partial charge is 0.444 e. The summed E-state index contributed by atoms with van der Waals surface area (Å²) in [6, 6.07) is 14.8. The number of benzene rings is 2. The zero-order valence-electron chi connectivity index (χ0n) is 29.6. The minimum absolute atomic E-state index is 0.0141. The molecule has 0 aliphatic heterocycles. The predicted octanol–water partition coefficient (Wildman–Crippen LogP) is 4.79. The van der Waals surface area contributed by atoms with Crippen LogP contribution >= 0.6 is 0 Å². The zero-order chi connectivity index (χ0) is 36.1. The molecule has 0 spiro atoms. The van der Waals surface area contributed by atoms with Gasteiger partial charge in [-0.05, 0) is 98.4 Å². The number of guanidine groups is 1. The third-order valence-corrected chi connectivity index (χ3v) is 6.13. The van der Waals surface area contributed by atoms with Crippen LogP contribution in [0.15, 0.2) is 59.6 Å². The number of carbonyl (C=O) groups is 4. The minimum Gasteiger partial charge on any atom is -0.444 e. The van der Waals surface area contributed by atoms with Gasteiger partial charge in [0.15, 0.2) is 0 Å². The van der Waals surface area contributed by atoms with Crippen molar-refractivity contribution < 1.29 is 33.4 Å². The van der Waals surface area contributed by atoms with E-state index in [1.165, 1.54) is 0 Å². The maximum atomic E-state index is 13.3. The van der Waals surface area contributed by atoms with Gasteiger partial charge in [-0.15, -0.1) is 4.99 Å². The van der Waals surface area contributed by atoms with E-state index in [2.05, 4.69) is 26.3 Å². The molecule has 2 rings (SSSR count). The number of aliphatic imine (C=N–C) groups is 1. The van der Waals surface area contributed by atoms with E-state index in [0.717, 1.165) is 11.1 Å². The van der Waals surface area contributed by atoms with Gasteiger partial charge in [-0.25, -0.2) is 9.59 Å². The van der Waals surface area contributed by atoms with E-state index in [4.69, 9.17) is 19.9 Å². The Morgan fingerprint density at radius 3 is 1.94 bits per heavy atom. The Kier molecular flexibility index (Phi) is 14.6. The first-order chi connectivity index (χ1) is 22.2. The molecular weight excluding hydrogens is 616 g/mol. The first-order valence-corrected chi connectivity index (χ1v) is 15.9. The maximum Gasteiger partial charge on any atom is 0.437 e. The monoisotopic (exact) mass is 668 g/mol. The van der Waals surface area contributed by atoms with E-state index < -0.39 is 47.0 Å². The first kappa shape index (κ1) is 39.7. The van der Waals surface area contributed by atoms with E-state index in [1.807, 2.05) is 51.1 Å². The molecule has 0 aromatic heterocycles. The molecule has 0 aliphatic carbocycles. The Bertz CT molecular complexity index is 1390. The molecule has 0 unspecified atom stereocenters. The summed E-state index contributed by atoms with van der Waals surface area (Å²) in [6.07, 6.45) is -0.787. The van der Waals surface area contributed by atoms with Gasteiger partial charge in [0.25, 0.3) is 0 Å². The molecule has 2 aromatic rings. The lowest BCUT2D eigenvalue weighted by molar-refractivity contribution is -0.131. The molecule has 4 amide bonds. The number of alkyl carbamates (subject to hydrolysis) is 1. The summed E-state index contributed by atoms with van der Waals surface area (Å²) in [5.41, 5.74) is 6.30. The van der Waals surface area contributed by atoms with Crippen LogP contribution in [0.2, 0.25) is 0 Å². The summed E-state index contributed by atoms with van der Waals surface area (Å²) in [4.78, 5) is 54.8. The van der Waals surface area contributed by atoms with Crippen LogP contribution in [0.5, 0.6) is 0 Å². The number of amides is 4. The molecule has 0 saturated heterocycles. The van der Waals surface area contributed by atoms with E-state index in [-0.39, 0.29) is 25.0 Å². The number of carbonyl (C=O) groups excluding carboxylic acids is 4. The third-order valence-electron chi connectivity index (χ3n) is 6.13. The second-order valence-electron chi connectivity index (χ2n) is 14.2. The summed E-state index contributed by atoms with van der Waals surface area (Å²) in [5, 5.41) is 11.0. The number of ether oxygens (including phenoxy) is 3. The van der Waals surface area contributed by atoms with Crippen LogP contribution in [0.1, 0.15) is 79.9 Å². The molecule has 13 heteroatoms. The van der Waals surface area contributed by atoms with Gasteiger partial charge >= 0.3 is 12.2 Å². The average molecular weight is 669 g/mol. The molecular formula is C35H52N6O7. The Morgan fingerprint density at radius 1 is 0.771 bits per heavy atom. The molecule has 2 atom stereocenters. The van der Waals surface area contributed by atoms with Crippen molar-refractivity contribution in [2.45, 2.75) is 111 Å². The van der Waals surface area contributed by atoms with Crippen molar-refractivity contribution in [3.63, 3.8) is 0 Å². The Hall–Kier alpha value is -4.49. The standard InChI is InChI=1S/C35H52N6O7/c1-33(2,3)46-22-26(36)28(42)39-27(20-17-23-13-11-10-12-14-23)29(43)37-21-24-15-18-25(19-16-24)38-30(40-31(44)47-34(4,5)6)41-32(45)48-35(7,8)9/h10-16,18-19,26-27H,17,20-22,36H2,1-9H3,(H,37,43)(H,39,42)(H2,38,40,41,44,45)/t26-,27+/m1/s1. The average Bonchev–Trinajstić information content (AvgIpc) is 2.95. The Balaban J connectivity index is 2.11. The lowest BCUT2D eigenvalue weighted by atomic mass is 10.0. The highest BCUT2D eigenvalue weighted by Crippen LogP contribution is 2.13. The van der Waals surface area contributed by atoms with Gasteiger partial charge in [-0.3, -0.25) is 14.9 Å². The molecule has 2 aromatic carbocycles. The van der Waals surface area contributed by atoms with Crippen molar-refractivity contribution in [2.24, 2.45) is 10.7 Å². The molecule has 6 N–H and O–H groups in total. The second-order valence-corrected chi connectivity index (χ2v) is 14.2. The number of nitrogens with two attached hydrogens (primary N) is 1. The van der Waals surface area contributed by atoms with Crippen molar-refractivity contribution in [1.29, 1.82) is 0 Å². The number of aryl methyl sites for hydroxylation is 1. The minimum atomic E-state index is -0.940. The quantitative estimate of drug-likeness (QED) is 0.166. The third kappa shape index (κ3) is 16.9. The van der Waals surface area contributed by atoms with Crippen LogP contribution in [0, 0.1) is 0 Å². The maximum absolute atomic E-state index is 13.3. The van der Waals surface area contributed by atoms with Crippen LogP contribution in [-0.4, -0.2) is 65.5 Å². The van der Waals surface area contributed by atoms with Crippen molar-refractivity contribution in [1.82, 2.24) is 16.0 Å². The zero-order valence-corrected chi connectivity index (χ0v) is 29.6. The van der Waals surface area contributed by atoms with Gasteiger partial charge in [0.2, 0.25) is 17.8 Å². The molecule has 48 heavy (non-hydrogen) atoms. The van der Waals surface area contributed by atoms with Gasteiger partial charge in [-0.2, -0.15) is 0 Å². The second kappa shape index (κ2) is 17.6. The molecule has 0 radical (unpaired) electrons. The number of hydrogen-bond acceptors (Lipinski definition) is 8. The summed E-state index contributed by atoms with van der Waals surface area (Å²) < 4.78 is 16.2. The highest BCUT2D eigenvalue weighted by Gasteiger charge is 2.25. The molecule has 0 saturated carbocycles. The van der Waals surface area contributed by atoms with Crippen LogP contribution in [0.4, 0.5) is 15.3 Å². The van der Waals surface area contributed by atoms with Crippen LogP contribution in [0.3, 0.4) is 0 Å². The summed E-state index contributed by atoms with van der Waals surface area (Å²) >= 11 is 0. The molecule has 0 aliphatic rings.